The van der Waals surface area contributed by atoms with Crippen LogP contribution in [-0.4, -0.2) is 14.8 Å². The summed E-state index contributed by atoms with van der Waals surface area (Å²) in [6, 6.07) is 19.8. The molecule has 2 heterocycles. The van der Waals surface area contributed by atoms with Gasteiger partial charge in [-0.15, -0.1) is 0 Å². The highest BCUT2D eigenvalue weighted by Gasteiger charge is 2.18. The van der Waals surface area contributed by atoms with Crippen molar-refractivity contribution >= 4 is 35.0 Å². The molecule has 0 atom stereocenters. The van der Waals surface area contributed by atoms with Crippen molar-refractivity contribution < 1.29 is 0 Å². The van der Waals surface area contributed by atoms with Crippen molar-refractivity contribution in [3.63, 3.8) is 0 Å². The molecule has 0 bridgehead atoms. The second-order valence-corrected chi connectivity index (χ2v) is 8.29. The van der Waals surface area contributed by atoms with Gasteiger partial charge in [-0.25, -0.2) is 4.68 Å². The van der Waals surface area contributed by atoms with Crippen LogP contribution in [0.15, 0.2) is 83.0 Å². The van der Waals surface area contributed by atoms with E-state index in [4.69, 9.17) is 28.3 Å². The Hall–Kier alpha value is -2.27. The van der Waals surface area contributed by atoms with Crippen LogP contribution in [0.1, 0.15) is 16.8 Å². The first-order valence-electron chi connectivity index (χ1n) is 8.77. The van der Waals surface area contributed by atoms with Gasteiger partial charge in [-0.2, -0.15) is 5.10 Å². The zero-order chi connectivity index (χ0) is 19.5. The van der Waals surface area contributed by atoms with Crippen molar-refractivity contribution in [2.45, 2.75) is 23.3 Å². The van der Waals surface area contributed by atoms with E-state index in [2.05, 4.69) is 17.1 Å². The van der Waals surface area contributed by atoms with Gasteiger partial charge < -0.3 is 0 Å². The Labute approximate surface area is 178 Å². The van der Waals surface area contributed by atoms with E-state index in [-0.39, 0.29) is 0 Å². The molecular weight excluding hydrogens is 409 g/mol. The second kappa shape index (κ2) is 8.39. The van der Waals surface area contributed by atoms with Gasteiger partial charge in [-0.1, -0.05) is 53.2 Å². The lowest BCUT2D eigenvalue weighted by Crippen LogP contribution is -1.99. The zero-order valence-electron chi connectivity index (χ0n) is 15.1. The van der Waals surface area contributed by atoms with Crippen LogP contribution in [0, 0.1) is 6.92 Å². The number of benzene rings is 2. The van der Waals surface area contributed by atoms with Crippen molar-refractivity contribution in [2.24, 2.45) is 0 Å². The molecule has 0 spiro atoms. The van der Waals surface area contributed by atoms with Crippen molar-refractivity contribution in [3.05, 3.63) is 99.9 Å². The van der Waals surface area contributed by atoms with E-state index in [1.54, 1.807) is 17.8 Å². The molecule has 3 nitrogen and oxygen atoms in total. The van der Waals surface area contributed by atoms with Gasteiger partial charge in [0, 0.05) is 39.3 Å². The number of nitrogens with zero attached hydrogens (tertiary/aromatic N) is 3. The first-order chi connectivity index (χ1) is 13.6. The largest absolute Gasteiger partial charge is 0.265 e. The summed E-state index contributed by atoms with van der Waals surface area (Å²) >= 11 is 14.1. The fourth-order valence-electron chi connectivity index (χ4n) is 2.99. The molecular formula is C22H17Cl2N3S. The number of halogens is 2. The molecule has 0 unspecified atom stereocenters. The van der Waals surface area contributed by atoms with Gasteiger partial charge in [0.05, 0.1) is 11.4 Å². The molecule has 4 aromatic rings. The van der Waals surface area contributed by atoms with E-state index in [1.807, 2.05) is 66.5 Å². The third kappa shape index (κ3) is 4.25. The topological polar surface area (TPSA) is 30.7 Å². The van der Waals surface area contributed by atoms with Crippen molar-refractivity contribution in [2.75, 3.05) is 0 Å². The number of para-hydroxylation sites is 1. The zero-order valence-corrected chi connectivity index (χ0v) is 17.5. The normalized spacial score (nSPS) is 11.0. The number of hydrogen-bond donors (Lipinski definition) is 0. The maximum absolute atomic E-state index is 6.22. The summed E-state index contributed by atoms with van der Waals surface area (Å²) in [5, 5.41) is 7.12. The molecule has 0 fully saturated rings. The molecule has 2 aromatic heterocycles. The van der Waals surface area contributed by atoms with Crippen LogP contribution < -0.4 is 0 Å². The smallest absolute Gasteiger partial charge is 0.108 e. The third-order valence-corrected chi connectivity index (χ3v) is 5.84. The van der Waals surface area contributed by atoms with Crippen LogP contribution in [0.2, 0.25) is 10.0 Å². The van der Waals surface area contributed by atoms with Gasteiger partial charge in [-0.05, 0) is 55.0 Å². The van der Waals surface area contributed by atoms with Crippen LogP contribution >= 0.6 is 35.0 Å². The highest BCUT2D eigenvalue weighted by molar-refractivity contribution is 7.99. The molecule has 0 aliphatic rings. The molecule has 28 heavy (non-hydrogen) atoms. The lowest BCUT2D eigenvalue weighted by molar-refractivity contribution is 0.790. The monoisotopic (exact) mass is 425 g/mol. The number of pyridine rings is 1. The molecule has 2 aromatic carbocycles. The van der Waals surface area contributed by atoms with Gasteiger partial charge in [0.25, 0.3) is 0 Å². The highest BCUT2D eigenvalue weighted by atomic mass is 35.5. The van der Waals surface area contributed by atoms with Crippen LogP contribution in [0.25, 0.3) is 5.69 Å². The standard InChI is InChI=1S/C22H17Cl2N3S/c1-15-21(11-16-7-9-25-10-8-16)22(27(26-15)19-5-3-2-4-6-19)28-20-13-17(23)12-18(24)14-20/h2-10,12-14H,11H2,1H3. The van der Waals surface area contributed by atoms with Gasteiger partial charge in [0.15, 0.2) is 0 Å². The third-order valence-electron chi connectivity index (χ3n) is 4.32. The van der Waals surface area contributed by atoms with Gasteiger partial charge in [0.2, 0.25) is 0 Å². The summed E-state index contributed by atoms with van der Waals surface area (Å²) in [4.78, 5) is 5.09. The second-order valence-electron chi connectivity index (χ2n) is 6.36. The van der Waals surface area contributed by atoms with E-state index in [9.17, 15) is 0 Å². The van der Waals surface area contributed by atoms with Crippen LogP contribution in [0.4, 0.5) is 0 Å². The molecule has 0 amide bonds. The Bertz CT molecular complexity index is 1080. The number of aryl methyl sites for hydroxylation is 1. The molecule has 140 valence electrons. The van der Waals surface area contributed by atoms with Crippen molar-refractivity contribution in [1.29, 1.82) is 0 Å². The maximum atomic E-state index is 6.22. The van der Waals surface area contributed by atoms with E-state index >= 15 is 0 Å². The molecule has 0 saturated heterocycles. The molecule has 4 rings (SSSR count). The molecule has 0 saturated carbocycles. The quantitative estimate of drug-likeness (QED) is 0.359. The Morgan fingerprint density at radius 2 is 1.61 bits per heavy atom. The Morgan fingerprint density at radius 3 is 2.29 bits per heavy atom. The minimum absolute atomic E-state index is 0.619. The minimum atomic E-state index is 0.619. The average Bonchev–Trinajstić information content (AvgIpc) is 2.98. The molecule has 0 aliphatic carbocycles. The lowest BCUT2D eigenvalue weighted by Gasteiger charge is -2.10. The SMILES string of the molecule is Cc1nn(-c2ccccc2)c(Sc2cc(Cl)cc(Cl)c2)c1Cc1ccncc1. The average molecular weight is 426 g/mol. The first-order valence-corrected chi connectivity index (χ1v) is 10.3. The van der Waals surface area contributed by atoms with Gasteiger partial charge in [-0.3, -0.25) is 4.98 Å². The molecule has 6 heteroatoms. The predicted molar refractivity (Wildman–Crippen MR) is 116 cm³/mol. The fraction of sp³-hybridized carbons (Fsp3) is 0.0909. The lowest BCUT2D eigenvalue weighted by atomic mass is 10.1. The van der Waals surface area contributed by atoms with Crippen LogP contribution in [0.3, 0.4) is 0 Å². The summed E-state index contributed by atoms with van der Waals surface area (Å²) in [5.74, 6) is 0. The van der Waals surface area contributed by atoms with Crippen LogP contribution in [-0.2, 0) is 6.42 Å². The maximum Gasteiger partial charge on any atom is 0.108 e. The van der Waals surface area contributed by atoms with Crippen LogP contribution in [0.5, 0.6) is 0 Å². The van der Waals surface area contributed by atoms with E-state index in [0.29, 0.717) is 10.0 Å². The number of hydrogen-bond acceptors (Lipinski definition) is 3. The van der Waals surface area contributed by atoms with Crippen molar-refractivity contribution in [3.8, 4) is 5.69 Å². The van der Waals surface area contributed by atoms with E-state index < -0.39 is 0 Å². The predicted octanol–water partition coefficient (Wildman–Crippen LogP) is 6.62. The van der Waals surface area contributed by atoms with E-state index in [0.717, 1.165) is 27.7 Å². The molecule has 0 radical (unpaired) electrons. The first kappa shape index (κ1) is 19.1. The van der Waals surface area contributed by atoms with Gasteiger partial charge in [0.1, 0.15) is 5.03 Å². The van der Waals surface area contributed by atoms with Gasteiger partial charge >= 0.3 is 0 Å². The highest BCUT2D eigenvalue weighted by Crippen LogP contribution is 2.37. The minimum Gasteiger partial charge on any atom is -0.265 e. The summed E-state index contributed by atoms with van der Waals surface area (Å²) in [5.41, 5.74) is 4.38. The Balaban J connectivity index is 1.82. The number of aromatic nitrogens is 3. The summed E-state index contributed by atoms with van der Waals surface area (Å²) in [6.45, 7) is 2.05. The summed E-state index contributed by atoms with van der Waals surface area (Å²) in [6.07, 6.45) is 4.41. The molecule has 0 aliphatic heterocycles. The Kier molecular flexibility index (Phi) is 5.72. The molecule has 0 N–H and O–H groups in total. The summed E-state index contributed by atoms with van der Waals surface area (Å²) in [7, 11) is 0. The Morgan fingerprint density at radius 1 is 0.929 bits per heavy atom. The van der Waals surface area contributed by atoms with E-state index in [1.165, 1.54) is 11.1 Å². The van der Waals surface area contributed by atoms with Crippen molar-refractivity contribution in [1.82, 2.24) is 14.8 Å². The summed E-state index contributed by atoms with van der Waals surface area (Å²) < 4.78 is 1.99. The number of rotatable bonds is 5. The fourth-order valence-corrected chi connectivity index (χ4v) is 4.82.